The first-order valence-corrected chi connectivity index (χ1v) is 9.15. The van der Waals surface area contributed by atoms with Crippen LogP contribution in [0.1, 0.15) is 72.6 Å². The molecule has 0 radical (unpaired) electrons. The van der Waals surface area contributed by atoms with E-state index in [1.54, 1.807) is 0 Å². The van der Waals surface area contributed by atoms with Gasteiger partial charge in [-0.2, -0.15) is 0 Å². The Hall–Kier alpha value is -0.530. The first-order chi connectivity index (χ1) is 9.86. The van der Waals surface area contributed by atoms with Crippen molar-refractivity contribution in [3.05, 3.63) is 0 Å². The van der Waals surface area contributed by atoms with Crippen LogP contribution in [-0.2, 0) is 4.79 Å². The first-order valence-electron chi connectivity index (χ1n) is 9.15. The van der Waals surface area contributed by atoms with E-state index in [1.807, 2.05) is 0 Å². The van der Waals surface area contributed by atoms with Crippen molar-refractivity contribution >= 4 is 5.91 Å². The van der Waals surface area contributed by atoms with E-state index in [0.717, 1.165) is 43.7 Å². The van der Waals surface area contributed by atoms with Gasteiger partial charge in [-0.05, 0) is 68.1 Å². The van der Waals surface area contributed by atoms with Crippen molar-refractivity contribution in [3.8, 4) is 0 Å². The molecular weight excluding hydrogens is 258 g/mol. The summed E-state index contributed by atoms with van der Waals surface area (Å²) >= 11 is 0. The van der Waals surface area contributed by atoms with Crippen LogP contribution in [0.4, 0.5) is 0 Å². The highest BCUT2D eigenvalue weighted by molar-refractivity contribution is 5.82. The lowest BCUT2D eigenvalue weighted by atomic mass is 9.50. The maximum Gasteiger partial charge on any atom is 0.228 e. The summed E-state index contributed by atoms with van der Waals surface area (Å²) in [7, 11) is 0. The molecule has 3 rings (SSSR count). The molecule has 1 amide bonds. The third kappa shape index (κ3) is 2.53. The minimum atomic E-state index is -0.0835. The predicted molar refractivity (Wildman–Crippen MR) is 86.9 cm³/mol. The van der Waals surface area contributed by atoms with E-state index in [4.69, 9.17) is 0 Å². The number of carbonyl (C=O) groups excluding carboxylic acids is 1. The normalized spacial score (nSPS) is 47.2. The Morgan fingerprint density at radius 3 is 2.38 bits per heavy atom. The van der Waals surface area contributed by atoms with E-state index < -0.39 is 0 Å². The highest BCUT2D eigenvalue weighted by Crippen LogP contribution is 2.58. The van der Waals surface area contributed by atoms with Crippen LogP contribution in [-0.4, -0.2) is 23.9 Å². The first kappa shape index (κ1) is 15.4. The fourth-order valence-electron chi connectivity index (χ4n) is 5.42. The number of rotatable bonds is 1. The maximum absolute atomic E-state index is 13.0. The summed E-state index contributed by atoms with van der Waals surface area (Å²) in [4.78, 5) is 15.2. The average molecular weight is 291 g/mol. The molecule has 1 aliphatic heterocycles. The van der Waals surface area contributed by atoms with E-state index in [9.17, 15) is 4.79 Å². The molecule has 2 nitrogen and oxygen atoms in total. The van der Waals surface area contributed by atoms with Gasteiger partial charge >= 0.3 is 0 Å². The Bertz CT molecular complexity index is 414. The lowest BCUT2D eigenvalue weighted by molar-refractivity contribution is -0.149. The number of likely N-dealkylation sites (tertiary alicyclic amines) is 1. The van der Waals surface area contributed by atoms with Crippen LogP contribution in [0.5, 0.6) is 0 Å². The van der Waals surface area contributed by atoms with Crippen molar-refractivity contribution in [2.45, 2.75) is 72.6 Å². The smallest absolute Gasteiger partial charge is 0.228 e. The van der Waals surface area contributed by atoms with Crippen LogP contribution in [0.25, 0.3) is 0 Å². The Balaban J connectivity index is 1.79. The quantitative estimate of drug-likeness (QED) is 0.697. The maximum atomic E-state index is 13.0. The van der Waals surface area contributed by atoms with Gasteiger partial charge in [0.1, 0.15) is 0 Å². The molecule has 0 aromatic heterocycles. The summed E-state index contributed by atoms with van der Waals surface area (Å²) in [6, 6.07) is 0. The summed E-state index contributed by atoms with van der Waals surface area (Å²) in [6.07, 6.45) is 8.65. The molecule has 21 heavy (non-hydrogen) atoms. The molecule has 2 saturated carbocycles. The molecule has 3 aliphatic rings. The van der Waals surface area contributed by atoms with E-state index in [-0.39, 0.29) is 5.41 Å². The van der Waals surface area contributed by atoms with Crippen LogP contribution >= 0.6 is 0 Å². The molecule has 0 bridgehead atoms. The lowest BCUT2D eigenvalue weighted by Crippen LogP contribution is -2.51. The summed E-state index contributed by atoms with van der Waals surface area (Å²) in [5, 5.41) is 0. The number of amides is 1. The molecule has 1 saturated heterocycles. The minimum Gasteiger partial charge on any atom is -0.342 e. The zero-order valence-electron chi connectivity index (χ0n) is 14.5. The van der Waals surface area contributed by atoms with Crippen LogP contribution in [0.3, 0.4) is 0 Å². The summed E-state index contributed by atoms with van der Waals surface area (Å²) in [5.74, 6) is 2.81. The predicted octanol–water partition coefficient (Wildman–Crippen LogP) is 4.49. The molecule has 120 valence electrons. The molecular formula is C19H33NO. The number of hydrogen-bond acceptors (Lipinski definition) is 1. The molecule has 5 atom stereocenters. The number of carbonyl (C=O) groups is 1. The molecule has 2 heteroatoms. The fourth-order valence-corrected chi connectivity index (χ4v) is 5.42. The molecule has 3 fully saturated rings. The third-order valence-electron chi connectivity index (χ3n) is 7.43. The van der Waals surface area contributed by atoms with Gasteiger partial charge in [-0.3, -0.25) is 4.79 Å². The van der Waals surface area contributed by atoms with Gasteiger partial charge in [0.15, 0.2) is 0 Å². The van der Waals surface area contributed by atoms with Gasteiger partial charge in [0, 0.05) is 18.5 Å². The number of fused-ring (bicyclic) bond motifs is 1. The van der Waals surface area contributed by atoms with Crippen molar-refractivity contribution in [1.82, 2.24) is 4.90 Å². The van der Waals surface area contributed by atoms with E-state index >= 15 is 0 Å². The second-order valence-corrected chi connectivity index (χ2v) is 8.90. The monoisotopic (exact) mass is 291 g/mol. The van der Waals surface area contributed by atoms with Crippen molar-refractivity contribution in [2.24, 2.45) is 28.6 Å². The van der Waals surface area contributed by atoms with Gasteiger partial charge in [-0.25, -0.2) is 0 Å². The van der Waals surface area contributed by atoms with Crippen molar-refractivity contribution in [3.63, 3.8) is 0 Å². The summed E-state index contributed by atoms with van der Waals surface area (Å²) in [6.45, 7) is 11.6. The van der Waals surface area contributed by atoms with Crippen LogP contribution < -0.4 is 0 Å². The summed E-state index contributed by atoms with van der Waals surface area (Å²) < 4.78 is 0. The number of hydrogen-bond donors (Lipinski definition) is 0. The standard InChI is InChI=1S/C19H33NO/c1-14-7-8-18(3)9-10-19(4,13-16(18)15(14)2)17(21)20-11-5-6-12-20/h14-16H,5-13H2,1-4H3. The second-order valence-electron chi connectivity index (χ2n) is 8.90. The van der Waals surface area contributed by atoms with E-state index in [0.29, 0.717) is 11.3 Å². The lowest BCUT2D eigenvalue weighted by Gasteiger charge is -2.55. The van der Waals surface area contributed by atoms with Crippen LogP contribution in [0.2, 0.25) is 0 Å². The topological polar surface area (TPSA) is 20.3 Å². The molecule has 0 aromatic rings. The Morgan fingerprint density at radius 1 is 1.05 bits per heavy atom. The Kier molecular flexibility index (Phi) is 3.86. The Morgan fingerprint density at radius 2 is 1.71 bits per heavy atom. The molecule has 1 heterocycles. The second kappa shape index (κ2) is 5.28. The largest absolute Gasteiger partial charge is 0.342 e. The fraction of sp³-hybridized carbons (Fsp3) is 0.947. The molecule has 0 spiro atoms. The minimum absolute atomic E-state index is 0.0835. The van der Waals surface area contributed by atoms with Crippen molar-refractivity contribution < 1.29 is 4.79 Å². The zero-order chi connectivity index (χ0) is 15.3. The van der Waals surface area contributed by atoms with Crippen LogP contribution in [0, 0.1) is 28.6 Å². The zero-order valence-corrected chi connectivity index (χ0v) is 14.5. The highest BCUT2D eigenvalue weighted by Gasteiger charge is 2.52. The van der Waals surface area contributed by atoms with Gasteiger partial charge < -0.3 is 4.90 Å². The van der Waals surface area contributed by atoms with Crippen LogP contribution in [0.15, 0.2) is 0 Å². The van der Waals surface area contributed by atoms with E-state index in [2.05, 4.69) is 32.6 Å². The number of nitrogens with zero attached hydrogens (tertiary/aromatic N) is 1. The third-order valence-corrected chi connectivity index (χ3v) is 7.43. The molecule has 5 unspecified atom stereocenters. The molecule has 0 aromatic carbocycles. The van der Waals surface area contributed by atoms with Gasteiger partial charge in [-0.15, -0.1) is 0 Å². The van der Waals surface area contributed by atoms with Crippen molar-refractivity contribution in [2.75, 3.05) is 13.1 Å². The van der Waals surface area contributed by atoms with E-state index in [1.165, 1.54) is 32.1 Å². The van der Waals surface area contributed by atoms with Gasteiger partial charge in [0.25, 0.3) is 0 Å². The SMILES string of the molecule is CC1CCC2(C)CCC(C)(C(=O)N3CCCC3)CC2C1C. The highest BCUT2D eigenvalue weighted by atomic mass is 16.2. The Labute approximate surface area is 130 Å². The van der Waals surface area contributed by atoms with Gasteiger partial charge in [0.2, 0.25) is 5.91 Å². The average Bonchev–Trinajstić information content (AvgIpc) is 2.99. The van der Waals surface area contributed by atoms with Gasteiger partial charge in [0.05, 0.1) is 0 Å². The molecule has 2 aliphatic carbocycles. The van der Waals surface area contributed by atoms with Crippen molar-refractivity contribution in [1.29, 1.82) is 0 Å². The van der Waals surface area contributed by atoms with Gasteiger partial charge in [-0.1, -0.05) is 27.7 Å². The summed E-state index contributed by atoms with van der Waals surface area (Å²) in [5.41, 5.74) is 0.413. The molecule has 0 N–H and O–H groups in total.